The Hall–Kier alpha value is -2.68. The third-order valence-corrected chi connectivity index (χ3v) is 5.97. The molecule has 3 rings (SSSR count). The number of rotatable bonds is 9. The van der Waals surface area contributed by atoms with Crippen LogP contribution < -0.4 is 4.74 Å². The first-order valence-electron chi connectivity index (χ1n) is 10.3. The molecular formula is C24H25Cl2N3O2. The molecule has 0 aliphatic rings. The van der Waals surface area contributed by atoms with Gasteiger partial charge >= 0.3 is 0 Å². The minimum Gasteiger partial charge on any atom is -0.489 e. The number of carbonyl (C=O) groups is 1. The van der Waals surface area contributed by atoms with Crippen molar-refractivity contribution in [2.45, 2.75) is 39.8 Å². The van der Waals surface area contributed by atoms with Crippen molar-refractivity contribution in [2.75, 3.05) is 13.1 Å². The lowest BCUT2D eigenvalue weighted by molar-refractivity contribution is 0.0762. The van der Waals surface area contributed by atoms with Crippen LogP contribution in [0.2, 0.25) is 10.0 Å². The van der Waals surface area contributed by atoms with Gasteiger partial charge in [0.1, 0.15) is 18.1 Å². The second-order valence-electron chi connectivity index (χ2n) is 7.13. The number of aromatic nitrogens is 1. The van der Waals surface area contributed by atoms with Crippen LogP contribution in [0.3, 0.4) is 0 Å². The molecule has 0 saturated carbocycles. The lowest BCUT2D eigenvalue weighted by Gasteiger charge is -2.20. The molecule has 5 nitrogen and oxygen atoms in total. The smallest absolute Gasteiger partial charge is 0.270 e. The zero-order chi connectivity index (χ0) is 22.4. The van der Waals surface area contributed by atoms with E-state index < -0.39 is 0 Å². The van der Waals surface area contributed by atoms with Gasteiger partial charge in [0.25, 0.3) is 5.91 Å². The number of benzene rings is 2. The predicted octanol–water partition coefficient (Wildman–Crippen LogP) is 6.31. The molecule has 0 aliphatic heterocycles. The molecule has 0 saturated heterocycles. The highest BCUT2D eigenvalue weighted by Crippen LogP contribution is 2.29. The van der Waals surface area contributed by atoms with Gasteiger partial charge in [0, 0.05) is 52.6 Å². The van der Waals surface area contributed by atoms with Crippen LogP contribution in [0.25, 0.3) is 10.9 Å². The summed E-state index contributed by atoms with van der Waals surface area (Å²) in [6.07, 6.45) is 1.13. The third kappa shape index (κ3) is 5.15. The van der Waals surface area contributed by atoms with E-state index >= 15 is 0 Å². The average molecular weight is 458 g/mol. The lowest BCUT2D eigenvalue weighted by Crippen LogP contribution is -2.32. The maximum Gasteiger partial charge on any atom is 0.270 e. The minimum atomic E-state index is -0.0107. The van der Waals surface area contributed by atoms with Crippen molar-refractivity contribution < 1.29 is 9.53 Å². The molecule has 1 aromatic heterocycles. The molecule has 0 unspecified atom stereocenters. The molecule has 0 atom stereocenters. The predicted molar refractivity (Wildman–Crippen MR) is 125 cm³/mol. The van der Waals surface area contributed by atoms with E-state index in [2.05, 4.69) is 6.07 Å². The van der Waals surface area contributed by atoms with Gasteiger partial charge in [0.15, 0.2) is 0 Å². The number of hydrogen-bond donors (Lipinski definition) is 0. The zero-order valence-electron chi connectivity index (χ0n) is 17.7. The largest absolute Gasteiger partial charge is 0.489 e. The first kappa shape index (κ1) is 23.0. The number of amides is 1. The van der Waals surface area contributed by atoms with Crippen LogP contribution in [0.4, 0.5) is 0 Å². The normalized spacial score (nSPS) is 10.8. The summed E-state index contributed by atoms with van der Waals surface area (Å²) in [4.78, 5) is 14.9. The van der Waals surface area contributed by atoms with E-state index in [4.69, 9.17) is 33.2 Å². The van der Waals surface area contributed by atoms with Crippen molar-refractivity contribution in [3.8, 4) is 11.8 Å². The number of nitriles is 1. The Kier molecular flexibility index (Phi) is 7.84. The number of carbonyl (C=O) groups excluding carboxylic acids is 1. The highest BCUT2D eigenvalue weighted by molar-refractivity contribution is 6.35. The fourth-order valence-corrected chi connectivity index (χ4v) is 4.08. The first-order valence-corrected chi connectivity index (χ1v) is 11.1. The van der Waals surface area contributed by atoms with Gasteiger partial charge in [-0.15, -0.1) is 0 Å². The Bertz CT molecular complexity index is 1090. The molecule has 0 bridgehead atoms. The van der Waals surface area contributed by atoms with Gasteiger partial charge in [-0.1, -0.05) is 29.3 Å². The van der Waals surface area contributed by atoms with Crippen molar-refractivity contribution in [1.82, 2.24) is 9.47 Å². The van der Waals surface area contributed by atoms with Gasteiger partial charge in [-0.3, -0.25) is 4.79 Å². The van der Waals surface area contributed by atoms with E-state index in [0.29, 0.717) is 54.0 Å². The van der Waals surface area contributed by atoms with Crippen LogP contribution in [0.15, 0.2) is 42.5 Å². The summed E-state index contributed by atoms with van der Waals surface area (Å²) in [6, 6.07) is 15.2. The van der Waals surface area contributed by atoms with Crippen LogP contribution in [0.5, 0.6) is 5.75 Å². The summed E-state index contributed by atoms with van der Waals surface area (Å²) in [5.41, 5.74) is 2.30. The van der Waals surface area contributed by atoms with Crippen LogP contribution in [0.1, 0.15) is 42.7 Å². The fraction of sp³-hybridized carbons (Fsp3) is 0.333. The Morgan fingerprint density at radius 1 is 1.13 bits per heavy atom. The number of aryl methyl sites for hydroxylation is 1. The van der Waals surface area contributed by atoms with Crippen molar-refractivity contribution in [1.29, 1.82) is 5.26 Å². The van der Waals surface area contributed by atoms with Crippen LogP contribution in [-0.4, -0.2) is 28.5 Å². The molecule has 3 aromatic rings. The number of hydrogen-bond acceptors (Lipinski definition) is 3. The summed E-state index contributed by atoms with van der Waals surface area (Å²) in [5.74, 6) is 0.656. The van der Waals surface area contributed by atoms with E-state index in [1.807, 2.05) is 42.7 Å². The van der Waals surface area contributed by atoms with Crippen LogP contribution in [-0.2, 0) is 13.2 Å². The molecule has 0 radical (unpaired) electrons. The summed E-state index contributed by atoms with van der Waals surface area (Å²) in [7, 11) is 0. The zero-order valence-corrected chi connectivity index (χ0v) is 19.2. The fourth-order valence-electron chi connectivity index (χ4n) is 3.57. The first-order chi connectivity index (χ1) is 15.0. The molecular weight excluding hydrogens is 433 g/mol. The lowest BCUT2D eigenvalue weighted by atomic mass is 10.2. The highest BCUT2D eigenvalue weighted by Gasteiger charge is 2.20. The molecule has 2 aromatic carbocycles. The highest BCUT2D eigenvalue weighted by atomic mass is 35.5. The van der Waals surface area contributed by atoms with Crippen LogP contribution in [0, 0.1) is 11.3 Å². The van der Waals surface area contributed by atoms with E-state index in [0.717, 1.165) is 16.5 Å². The molecule has 1 amide bonds. The number of ether oxygens (including phenoxy) is 1. The Balaban J connectivity index is 1.92. The second kappa shape index (κ2) is 10.6. The average Bonchev–Trinajstić information content (AvgIpc) is 3.12. The molecule has 1 heterocycles. The molecule has 0 N–H and O–H groups in total. The number of fused-ring (bicyclic) bond motifs is 1. The monoisotopic (exact) mass is 457 g/mol. The standard InChI is InChI=1S/C24H25Cl2N3O2/c1-3-28(4-2)24(30)23-15-17-14-18(10-11-22(17)29(23)13-6-5-12-27)31-16-19-20(25)8-7-9-21(19)26/h7-11,14-15H,3-6,13,16H2,1-2H3. The topological polar surface area (TPSA) is 58.3 Å². The molecule has 7 heteroatoms. The van der Waals surface area contributed by atoms with Crippen molar-refractivity contribution >= 4 is 40.0 Å². The Morgan fingerprint density at radius 2 is 1.84 bits per heavy atom. The summed E-state index contributed by atoms with van der Waals surface area (Å²) in [6.45, 7) is 6.07. The van der Waals surface area contributed by atoms with Gasteiger partial charge in [0.05, 0.1) is 6.07 Å². The van der Waals surface area contributed by atoms with E-state index in [9.17, 15) is 4.79 Å². The van der Waals surface area contributed by atoms with E-state index in [1.54, 1.807) is 23.1 Å². The maximum atomic E-state index is 13.1. The summed E-state index contributed by atoms with van der Waals surface area (Å²) < 4.78 is 7.95. The van der Waals surface area contributed by atoms with Gasteiger partial charge in [-0.2, -0.15) is 5.26 Å². The molecule has 31 heavy (non-hydrogen) atoms. The van der Waals surface area contributed by atoms with E-state index in [-0.39, 0.29) is 12.5 Å². The van der Waals surface area contributed by atoms with Crippen molar-refractivity contribution in [2.24, 2.45) is 0 Å². The molecule has 0 spiro atoms. The molecule has 0 fully saturated rings. The number of nitrogens with zero attached hydrogens (tertiary/aromatic N) is 3. The maximum absolute atomic E-state index is 13.1. The summed E-state index contributed by atoms with van der Waals surface area (Å²) in [5, 5.41) is 10.9. The van der Waals surface area contributed by atoms with Crippen LogP contribution >= 0.6 is 23.2 Å². The SMILES string of the molecule is CCN(CC)C(=O)c1cc2cc(OCc3c(Cl)cccc3Cl)ccc2n1CCCC#N. The van der Waals surface area contributed by atoms with Gasteiger partial charge in [0.2, 0.25) is 0 Å². The molecule has 0 aliphatic carbocycles. The minimum absolute atomic E-state index is 0.0107. The van der Waals surface area contributed by atoms with Crippen molar-refractivity contribution in [3.63, 3.8) is 0 Å². The Morgan fingerprint density at radius 3 is 2.48 bits per heavy atom. The van der Waals surface area contributed by atoms with Gasteiger partial charge in [-0.05, 0) is 56.7 Å². The second-order valence-corrected chi connectivity index (χ2v) is 7.94. The number of halogens is 2. The molecule has 162 valence electrons. The number of unbranched alkanes of at least 4 members (excludes halogenated alkanes) is 1. The quantitative estimate of drug-likeness (QED) is 0.353. The Labute approximate surface area is 192 Å². The van der Waals surface area contributed by atoms with Crippen molar-refractivity contribution in [3.05, 3.63) is 63.8 Å². The van der Waals surface area contributed by atoms with Gasteiger partial charge < -0.3 is 14.2 Å². The van der Waals surface area contributed by atoms with Gasteiger partial charge in [-0.25, -0.2) is 0 Å². The third-order valence-electron chi connectivity index (χ3n) is 5.26. The van der Waals surface area contributed by atoms with E-state index in [1.165, 1.54) is 0 Å². The summed E-state index contributed by atoms with van der Waals surface area (Å²) >= 11 is 12.5.